The molecule has 1 aliphatic rings. The van der Waals surface area contributed by atoms with Gasteiger partial charge in [-0.15, -0.1) is 0 Å². The molecule has 1 atom stereocenters. The molecule has 2 aromatic heterocycles. The van der Waals surface area contributed by atoms with Crippen LogP contribution in [0.1, 0.15) is 54.7 Å². The number of rotatable bonds is 5. The van der Waals surface area contributed by atoms with Gasteiger partial charge in [0.05, 0.1) is 0 Å². The van der Waals surface area contributed by atoms with Crippen LogP contribution in [-0.2, 0) is 6.54 Å². The number of hydrogen-bond donors (Lipinski definition) is 1. The van der Waals surface area contributed by atoms with Gasteiger partial charge in [0.25, 0.3) is 11.5 Å². The quantitative estimate of drug-likeness (QED) is 0.916. The lowest BCUT2D eigenvalue weighted by molar-refractivity contribution is 0.0701. The molecule has 24 heavy (non-hydrogen) atoms. The molecule has 1 aliphatic heterocycles. The maximum absolute atomic E-state index is 12.7. The lowest BCUT2D eigenvalue weighted by atomic mass is 9.96. The van der Waals surface area contributed by atoms with Crippen molar-refractivity contribution < 1.29 is 4.79 Å². The van der Waals surface area contributed by atoms with Gasteiger partial charge in [-0.3, -0.25) is 9.59 Å². The average molecular weight is 328 g/mol. The second-order valence-corrected chi connectivity index (χ2v) is 6.34. The van der Waals surface area contributed by atoms with Gasteiger partial charge in [0.15, 0.2) is 0 Å². The van der Waals surface area contributed by atoms with Gasteiger partial charge in [0.2, 0.25) is 0 Å². The first-order chi connectivity index (χ1) is 11.7. The van der Waals surface area contributed by atoms with Crippen molar-refractivity contribution in [3.63, 3.8) is 0 Å². The Hall–Kier alpha value is -2.37. The molecule has 1 unspecified atom stereocenters. The van der Waals surface area contributed by atoms with Crippen LogP contribution in [0.15, 0.2) is 35.5 Å². The second kappa shape index (κ2) is 7.47. The van der Waals surface area contributed by atoms with Crippen LogP contribution >= 0.6 is 0 Å². The highest BCUT2D eigenvalue weighted by molar-refractivity contribution is 5.93. The third-order valence-corrected chi connectivity index (χ3v) is 4.62. The fraction of sp³-hybridized carbons (Fsp3) is 0.500. The van der Waals surface area contributed by atoms with Gasteiger partial charge in [-0.2, -0.15) is 0 Å². The molecule has 1 N–H and O–H groups in total. The molecule has 6 nitrogen and oxygen atoms in total. The van der Waals surface area contributed by atoms with Crippen molar-refractivity contribution in [3.8, 4) is 0 Å². The van der Waals surface area contributed by atoms with Crippen molar-refractivity contribution in [2.24, 2.45) is 0 Å². The molecule has 3 heterocycles. The zero-order chi connectivity index (χ0) is 16.9. The first-order valence-corrected chi connectivity index (χ1v) is 8.68. The number of carbonyl (C=O) groups excluding carboxylic acids is 1. The number of H-pyrrole nitrogens is 1. The number of carbonyl (C=O) groups is 1. The number of aromatic nitrogens is 3. The van der Waals surface area contributed by atoms with E-state index in [2.05, 4.69) is 21.5 Å². The number of aryl methyl sites for hydroxylation is 1. The van der Waals surface area contributed by atoms with Crippen molar-refractivity contribution in [3.05, 3.63) is 52.5 Å². The standard InChI is InChI=1S/C18H24N4O2/c1-2-3-10-21-12-9-19-16(21)14-6-5-11-22(13-14)18(24)15-7-4-8-20-17(15)23/h4,7-9,12,14H,2-3,5-6,10-11,13H2,1H3,(H,20,23). The SMILES string of the molecule is CCCCn1ccnc1C1CCCN(C(=O)c2ccc[nH]c2=O)C1. The summed E-state index contributed by atoms with van der Waals surface area (Å²) in [7, 11) is 0. The number of nitrogens with zero attached hydrogens (tertiary/aromatic N) is 3. The topological polar surface area (TPSA) is 71.0 Å². The second-order valence-electron chi connectivity index (χ2n) is 6.34. The van der Waals surface area contributed by atoms with E-state index in [1.54, 1.807) is 23.2 Å². The summed E-state index contributed by atoms with van der Waals surface area (Å²) < 4.78 is 2.21. The fourth-order valence-electron chi connectivity index (χ4n) is 3.33. The molecule has 0 radical (unpaired) electrons. The Morgan fingerprint density at radius 2 is 2.33 bits per heavy atom. The van der Waals surface area contributed by atoms with E-state index in [0.29, 0.717) is 13.1 Å². The first-order valence-electron chi connectivity index (χ1n) is 8.68. The van der Waals surface area contributed by atoms with E-state index in [4.69, 9.17) is 0 Å². The lowest BCUT2D eigenvalue weighted by Gasteiger charge is -2.32. The zero-order valence-electron chi connectivity index (χ0n) is 14.1. The summed E-state index contributed by atoms with van der Waals surface area (Å²) in [5.41, 5.74) is -0.110. The van der Waals surface area contributed by atoms with Crippen LogP contribution in [0.5, 0.6) is 0 Å². The van der Waals surface area contributed by atoms with Crippen LogP contribution in [0.4, 0.5) is 0 Å². The van der Waals surface area contributed by atoms with Gasteiger partial charge >= 0.3 is 0 Å². The van der Waals surface area contributed by atoms with Gasteiger partial charge < -0.3 is 14.5 Å². The predicted octanol–water partition coefficient (Wildman–Crippen LogP) is 2.39. The Morgan fingerprint density at radius 3 is 3.12 bits per heavy atom. The monoisotopic (exact) mass is 328 g/mol. The fourth-order valence-corrected chi connectivity index (χ4v) is 3.33. The normalized spacial score (nSPS) is 17.9. The van der Waals surface area contributed by atoms with Crippen LogP contribution in [0, 0.1) is 0 Å². The van der Waals surface area contributed by atoms with E-state index >= 15 is 0 Å². The van der Waals surface area contributed by atoms with Crippen LogP contribution in [0.25, 0.3) is 0 Å². The summed E-state index contributed by atoms with van der Waals surface area (Å²) >= 11 is 0. The predicted molar refractivity (Wildman–Crippen MR) is 92.1 cm³/mol. The number of piperidine rings is 1. The van der Waals surface area contributed by atoms with E-state index in [0.717, 1.165) is 38.1 Å². The molecule has 1 fully saturated rings. The third kappa shape index (κ3) is 3.42. The molecule has 128 valence electrons. The molecule has 2 aromatic rings. The van der Waals surface area contributed by atoms with E-state index in [9.17, 15) is 9.59 Å². The molecule has 0 saturated carbocycles. The van der Waals surface area contributed by atoms with Crippen molar-refractivity contribution in [1.29, 1.82) is 0 Å². The molecule has 1 saturated heterocycles. The summed E-state index contributed by atoms with van der Waals surface area (Å²) in [5.74, 6) is 1.11. The Labute approximate surface area is 141 Å². The molecule has 0 aromatic carbocycles. The lowest BCUT2D eigenvalue weighted by Crippen LogP contribution is -2.41. The number of pyridine rings is 1. The summed E-state index contributed by atoms with van der Waals surface area (Å²) in [4.78, 5) is 33.4. The van der Waals surface area contributed by atoms with Gasteiger partial charge in [-0.05, 0) is 31.4 Å². The third-order valence-electron chi connectivity index (χ3n) is 4.62. The maximum atomic E-state index is 12.7. The van der Waals surface area contributed by atoms with Crippen LogP contribution < -0.4 is 5.56 Å². The Morgan fingerprint density at radius 1 is 1.46 bits per heavy atom. The smallest absolute Gasteiger partial charge is 0.260 e. The van der Waals surface area contributed by atoms with Gasteiger partial charge in [0, 0.05) is 44.1 Å². The average Bonchev–Trinajstić information content (AvgIpc) is 3.08. The van der Waals surface area contributed by atoms with E-state index in [1.807, 2.05) is 12.4 Å². The minimum Gasteiger partial charge on any atom is -0.338 e. The van der Waals surface area contributed by atoms with Crippen molar-refractivity contribution in [1.82, 2.24) is 19.4 Å². The minimum atomic E-state index is -0.325. The van der Waals surface area contributed by atoms with Crippen LogP contribution in [0.3, 0.4) is 0 Å². The van der Waals surface area contributed by atoms with Crippen molar-refractivity contribution >= 4 is 5.91 Å². The van der Waals surface area contributed by atoms with Gasteiger partial charge in [0.1, 0.15) is 11.4 Å². The highest BCUT2D eigenvalue weighted by Gasteiger charge is 2.28. The first kappa shape index (κ1) is 16.5. The molecular weight excluding hydrogens is 304 g/mol. The molecular formula is C18H24N4O2. The Kier molecular flexibility index (Phi) is 5.13. The van der Waals surface area contributed by atoms with Crippen molar-refractivity contribution in [2.75, 3.05) is 13.1 Å². The Bertz CT molecular complexity index is 749. The molecule has 0 bridgehead atoms. The van der Waals surface area contributed by atoms with Crippen molar-refractivity contribution in [2.45, 2.75) is 45.1 Å². The number of amides is 1. The summed E-state index contributed by atoms with van der Waals surface area (Å²) in [6.07, 6.45) is 9.63. The van der Waals surface area contributed by atoms with Gasteiger partial charge in [-0.25, -0.2) is 4.98 Å². The maximum Gasteiger partial charge on any atom is 0.260 e. The minimum absolute atomic E-state index is 0.187. The highest BCUT2D eigenvalue weighted by atomic mass is 16.2. The van der Waals surface area contributed by atoms with E-state index in [1.165, 1.54) is 0 Å². The molecule has 0 aliphatic carbocycles. The van der Waals surface area contributed by atoms with E-state index in [-0.39, 0.29) is 22.9 Å². The number of nitrogens with one attached hydrogen (secondary N) is 1. The zero-order valence-corrected chi connectivity index (χ0v) is 14.1. The number of imidazole rings is 1. The largest absolute Gasteiger partial charge is 0.338 e. The number of unbranched alkanes of at least 4 members (excludes halogenated alkanes) is 1. The number of hydrogen-bond acceptors (Lipinski definition) is 3. The summed E-state index contributed by atoms with van der Waals surface area (Å²) in [6.45, 7) is 4.46. The summed E-state index contributed by atoms with van der Waals surface area (Å²) in [6, 6.07) is 3.28. The number of aromatic amines is 1. The molecule has 1 amide bonds. The number of likely N-dealkylation sites (tertiary alicyclic amines) is 1. The molecule has 6 heteroatoms. The molecule has 0 spiro atoms. The highest BCUT2D eigenvalue weighted by Crippen LogP contribution is 2.26. The van der Waals surface area contributed by atoms with Gasteiger partial charge in [-0.1, -0.05) is 13.3 Å². The molecule has 3 rings (SSSR count). The van der Waals surface area contributed by atoms with Crippen LogP contribution in [-0.4, -0.2) is 38.4 Å². The Balaban J connectivity index is 1.75. The van der Waals surface area contributed by atoms with E-state index < -0.39 is 0 Å². The van der Waals surface area contributed by atoms with Crippen LogP contribution in [0.2, 0.25) is 0 Å². The summed E-state index contributed by atoms with van der Waals surface area (Å²) in [5, 5.41) is 0.